The van der Waals surface area contributed by atoms with Crippen LogP contribution in [0.15, 0.2) is 17.6 Å². The number of nitrogens with zero attached hydrogens (tertiary/aromatic N) is 1. The van der Waals surface area contributed by atoms with Crippen molar-refractivity contribution in [3.05, 3.63) is 22.7 Å². The molecule has 2 heterocycles. The molecular weight excluding hydrogens is 270 g/mol. The van der Waals surface area contributed by atoms with Crippen LogP contribution in [-0.2, 0) is 4.79 Å². The number of aromatic nitrogens is 1. The van der Waals surface area contributed by atoms with E-state index in [9.17, 15) is 4.79 Å². The largest absolute Gasteiger partial charge is 0.322 e. The Morgan fingerprint density at radius 3 is 3.22 bits per heavy atom. The molecule has 1 aliphatic heterocycles. The monoisotopic (exact) mass is 281 g/mol. The molecule has 0 radical (unpaired) electrons. The molecule has 1 amide bonds. The van der Waals surface area contributed by atoms with Crippen LogP contribution in [0, 0.1) is 0 Å². The third-order valence-electron chi connectivity index (χ3n) is 3.08. The molecule has 1 aromatic carbocycles. The number of amides is 1. The Hall–Kier alpha value is -1.17. The van der Waals surface area contributed by atoms with Gasteiger partial charge >= 0.3 is 0 Å². The Kier molecular flexibility index (Phi) is 3.20. The molecule has 4 nitrogen and oxygen atoms in total. The highest BCUT2D eigenvalue weighted by atomic mass is 35.5. The molecule has 0 saturated carbocycles. The number of fused-ring (bicyclic) bond motifs is 1. The lowest BCUT2D eigenvalue weighted by Crippen LogP contribution is -2.35. The Bertz CT molecular complexity index is 592. The minimum absolute atomic E-state index is 0.0325. The molecule has 1 aromatic heterocycles. The molecule has 1 saturated heterocycles. The van der Waals surface area contributed by atoms with E-state index in [1.54, 1.807) is 11.6 Å². The van der Waals surface area contributed by atoms with Gasteiger partial charge < -0.3 is 10.6 Å². The van der Waals surface area contributed by atoms with E-state index < -0.39 is 0 Å². The highest BCUT2D eigenvalue weighted by Crippen LogP contribution is 2.32. The maximum absolute atomic E-state index is 12.1. The Morgan fingerprint density at radius 1 is 1.56 bits per heavy atom. The van der Waals surface area contributed by atoms with Crippen LogP contribution in [0.2, 0.25) is 5.02 Å². The molecule has 1 aliphatic rings. The third kappa shape index (κ3) is 2.09. The summed E-state index contributed by atoms with van der Waals surface area (Å²) in [5.41, 5.74) is 3.14. The van der Waals surface area contributed by atoms with Gasteiger partial charge in [0.1, 0.15) is 5.52 Å². The standard InChI is InChI=1S/C12H12ClN3OS/c13-7-3-4-9-11(15-6-18-9)10(7)16-12(17)8-2-1-5-14-8/h3-4,6,8,14H,1-2,5H2,(H,16,17)/t8-/m1/s1. The number of hydrogen-bond acceptors (Lipinski definition) is 4. The molecule has 2 aromatic rings. The number of carbonyl (C=O) groups is 1. The van der Waals surface area contributed by atoms with Gasteiger partial charge in [-0.3, -0.25) is 4.79 Å². The molecule has 2 N–H and O–H groups in total. The zero-order chi connectivity index (χ0) is 12.5. The summed E-state index contributed by atoms with van der Waals surface area (Å²) in [5, 5.41) is 6.58. The topological polar surface area (TPSA) is 54.0 Å². The molecular formula is C12H12ClN3OS. The van der Waals surface area contributed by atoms with E-state index >= 15 is 0 Å². The summed E-state index contributed by atoms with van der Waals surface area (Å²) in [4.78, 5) is 16.3. The molecule has 0 spiro atoms. The van der Waals surface area contributed by atoms with Crippen LogP contribution in [0.5, 0.6) is 0 Å². The van der Waals surface area contributed by atoms with E-state index in [4.69, 9.17) is 11.6 Å². The van der Waals surface area contributed by atoms with Gasteiger partial charge in [-0.15, -0.1) is 11.3 Å². The number of halogens is 1. The second-order valence-electron chi connectivity index (χ2n) is 4.26. The van der Waals surface area contributed by atoms with Gasteiger partial charge in [0.25, 0.3) is 0 Å². The zero-order valence-corrected chi connectivity index (χ0v) is 11.1. The van der Waals surface area contributed by atoms with Crippen molar-refractivity contribution in [2.24, 2.45) is 0 Å². The van der Waals surface area contributed by atoms with Gasteiger partial charge in [0.05, 0.1) is 27.0 Å². The summed E-state index contributed by atoms with van der Waals surface area (Å²) in [7, 11) is 0. The molecule has 0 unspecified atom stereocenters. The Labute approximate surface area is 113 Å². The van der Waals surface area contributed by atoms with Crippen molar-refractivity contribution in [1.29, 1.82) is 0 Å². The maximum atomic E-state index is 12.1. The van der Waals surface area contributed by atoms with Crippen molar-refractivity contribution in [2.75, 3.05) is 11.9 Å². The number of rotatable bonds is 2. The first-order valence-corrected chi connectivity index (χ1v) is 7.07. The quantitative estimate of drug-likeness (QED) is 0.890. The lowest BCUT2D eigenvalue weighted by atomic mass is 10.2. The zero-order valence-electron chi connectivity index (χ0n) is 9.57. The Balaban J connectivity index is 1.91. The van der Waals surface area contributed by atoms with Gasteiger partial charge in [-0.2, -0.15) is 0 Å². The molecule has 1 fully saturated rings. The third-order valence-corrected chi connectivity index (χ3v) is 4.19. The van der Waals surface area contributed by atoms with Crippen LogP contribution < -0.4 is 10.6 Å². The second kappa shape index (κ2) is 4.84. The van der Waals surface area contributed by atoms with Gasteiger partial charge in [-0.1, -0.05) is 11.6 Å². The normalized spacial score (nSPS) is 19.3. The van der Waals surface area contributed by atoms with Gasteiger partial charge in [0.2, 0.25) is 5.91 Å². The van der Waals surface area contributed by atoms with E-state index in [0.717, 1.165) is 29.6 Å². The lowest BCUT2D eigenvalue weighted by molar-refractivity contribution is -0.117. The number of benzene rings is 1. The van der Waals surface area contributed by atoms with Gasteiger partial charge in [0.15, 0.2) is 0 Å². The van der Waals surface area contributed by atoms with Crippen molar-refractivity contribution in [3.63, 3.8) is 0 Å². The van der Waals surface area contributed by atoms with Crippen LogP contribution in [0.25, 0.3) is 10.2 Å². The molecule has 94 valence electrons. The van der Waals surface area contributed by atoms with Gasteiger partial charge in [0, 0.05) is 0 Å². The molecule has 6 heteroatoms. The molecule has 0 aliphatic carbocycles. The highest BCUT2D eigenvalue weighted by Gasteiger charge is 2.23. The highest BCUT2D eigenvalue weighted by molar-refractivity contribution is 7.16. The summed E-state index contributed by atoms with van der Waals surface area (Å²) in [6, 6.07) is 3.59. The lowest BCUT2D eigenvalue weighted by Gasteiger charge is -2.12. The first kappa shape index (κ1) is 11.9. The fourth-order valence-electron chi connectivity index (χ4n) is 2.14. The number of anilines is 1. The first-order chi connectivity index (χ1) is 8.75. The molecule has 3 rings (SSSR count). The minimum atomic E-state index is -0.116. The summed E-state index contributed by atoms with van der Waals surface area (Å²) in [6.07, 6.45) is 1.91. The van der Waals surface area contributed by atoms with Crippen LogP contribution in [0.4, 0.5) is 5.69 Å². The fourth-order valence-corrected chi connectivity index (χ4v) is 3.03. The number of nitrogens with one attached hydrogen (secondary N) is 2. The smallest absolute Gasteiger partial charge is 0.241 e. The molecule has 0 bridgehead atoms. The Morgan fingerprint density at radius 2 is 2.44 bits per heavy atom. The first-order valence-electron chi connectivity index (χ1n) is 5.81. The average Bonchev–Trinajstić information content (AvgIpc) is 3.02. The summed E-state index contributed by atoms with van der Waals surface area (Å²) in [5.74, 6) is -0.0325. The van der Waals surface area contributed by atoms with Crippen molar-refractivity contribution >= 4 is 44.7 Å². The van der Waals surface area contributed by atoms with E-state index in [1.165, 1.54) is 11.3 Å². The minimum Gasteiger partial charge on any atom is -0.322 e. The predicted octanol–water partition coefficient (Wildman–Crippen LogP) is 2.64. The number of hydrogen-bond donors (Lipinski definition) is 2. The molecule has 18 heavy (non-hydrogen) atoms. The van der Waals surface area contributed by atoms with Gasteiger partial charge in [-0.25, -0.2) is 4.98 Å². The van der Waals surface area contributed by atoms with E-state index in [-0.39, 0.29) is 11.9 Å². The maximum Gasteiger partial charge on any atom is 0.241 e. The van der Waals surface area contributed by atoms with Gasteiger partial charge in [-0.05, 0) is 31.5 Å². The van der Waals surface area contributed by atoms with Crippen molar-refractivity contribution in [3.8, 4) is 0 Å². The predicted molar refractivity (Wildman–Crippen MR) is 74.3 cm³/mol. The van der Waals surface area contributed by atoms with Crippen molar-refractivity contribution in [2.45, 2.75) is 18.9 Å². The molecule has 1 atom stereocenters. The van der Waals surface area contributed by atoms with Crippen molar-refractivity contribution < 1.29 is 4.79 Å². The van der Waals surface area contributed by atoms with E-state index in [1.807, 2.05) is 6.07 Å². The summed E-state index contributed by atoms with van der Waals surface area (Å²) >= 11 is 7.67. The summed E-state index contributed by atoms with van der Waals surface area (Å²) < 4.78 is 1.02. The van der Waals surface area contributed by atoms with Crippen LogP contribution in [0.1, 0.15) is 12.8 Å². The van der Waals surface area contributed by atoms with E-state index in [0.29, 0.717) is 10.7 Å². The van der Waals surface area contributed by atoms with Crippen LogP contribution >= 0.6 is 22.9 Å². The number of thiazole rings is 1. The SMILES string of the molecule is O=C(Nc1c(Cl)ccc2scnc12)[C@H]1CCCN1. The van der Waals surface area contributed by atoms with Crippen LogP contribution in [-0.4, -0.2) is 23.5 Å². The van der Waals surface area contributed by atoms with Crippen LogP contribution in [0.3, 0.4) is 0 Å². The number of carbonyl (C=O) groups excluding carboxylic acids is 1. The summed E-state index contributed by atoms with van der Waals surface area (Å²) in [6.45, 7) is 0.896. The van der Waals surface area contributed by atoms with Crippen molar-refractivity contribution in [1.82, 2.24) is 10.3 Å². The van der Waals surface area contributed by atoms with E-state index in [2.05, 4.69) is 15.6 Å². The average molecular weight is 282 g/mol. The second-order valence-corrected chi connectivity index (χ2v) is 5.55. The fraction of sp³-hybridized carbons (Fsp3) is 0.333.